The molecule has 1 rings (SSSR count). The zero-order valence-electron chi connectivity index (χ0n) is 18.9. The van der Waals surface area contributed by atoms with Crippen molar-refractivity contribution in [2.24, 2.45) is 0 Å². The second-order valence-electron chi connectivity index (χ2n) is 7.86. The molecule has 31 heavy (non-hydrogen) atoms. The first-order valence-electron chi connectivity index (χ1n) is 11.2. The van der Waals surface area contributed by atoms with E-state index >= 15 is 0 Å². The number of hydrogen-bond acceptors (Lipinski definition) is 8. The summed E-state index contributed by atoms with van der Waals surface area (Å²) in [7, 11) is 0. The summed E-state index contributed by atoms with van der Waals surface area (Å²) < 4.78 is 10.2. The molecule has 0 fully saturated rings. The summed E-state index contributed by atoms with van der Waals surface area (Å²) in [6.45, 7) is -0.281. The number of hydrogen-bond donors (Lipinski definition) is 3. The van der Waals surface area contributed by atoms with E-state index in [0.29, 0.717) is 6.61 Å². The molecule has 0 radical (unpaired) electrons. The second-order valence-corrected chi connectivity index (χ2v) is 7.86. The average molecular weight is 453 g/mol. The molecule has 174 valence electrons. The van der Waals surface area contributed by atoms with E-state index in [1.165, 1.54) is 38.5 Å². The van der Waals surface area contributed by atoms with Crippen LogP contribution in [0.15, 0.2) is 11.5 Å². The molecule has 0 aromatic rings. The number of cyclic esters (lactones) is 1. The van der Waals surface area contributed by atoms with Crippen molar-refractivity contribution >= 4 is 11.9 Å². The van der Waals surface area contributed by atoms with Gasteiger partial charge in [-0.25, -0.2) is 4.79 Å². The van der Waals surface area contributed by atoms with Gasteiger partial charge in [-0.3, -0.25) is 0 Å². The van der Waals surface area contributed by atoms with Crippen molar-refractivity contribution < 1.29 is 69.0 Å². The van der Waals surface area contributed by atoms with Crippen molar-refractivity contribution in [3.05, 3.63) is 11.5 Å². The van der Waals surface area contributed by atoms with Crippen LogP contribution in [0.3, 0.4) is 0 Å². The van der Waals surface area contributed by atoms with Gasteiger partial charge in [-0.2, -0.15) is 0 Å². The van der Waals surface area contributed by atoms with Gasteiger partial charge >= 0.3 is 35.5 Å². The minimum atomic E-state index is -1.32. The molecule has 0 saturated heterocycles. The van der Waals surface area contributed by atoms with Crippen molar-refractivity contribution in [1.29, 1.82) is 0 Å². The number of esters is 1. The van der Waals surface area contributed by atoms with Crippen molar-refractivity contribution in [3.63, 3.8) is 0 Å². The van der Waals surface area contributed by atoms with Crippen LogP contribution in [0.2, 0.25) is 0 Å². The quantitative estimate of drug-likeness (QED) is 0.133. The SMILES string of the molecule is O=C([O-])CCCCCCCCCCCCCCCOC1=C(O)C(=O)O[C@@H]1[C@@H](O)CO.[Na+]. The monoisotopic (exact) mass is 452 g/mol. The number of carbonyl (C=O) groups is 2. The average Bonchev–Trinajstić information content (AvgIpc) is 3.01. The van der Waals surface area contributed by atoms with E-state index in [0.717, 1.165) is 44.9 Å². The maximum atomic E-state index is 11.4. The molecule has 0 aromatic carbocycles. The first kappa shape index (κ1) is 30.2. The van der Waals surface area contributed by atoms with Gasteiger partial charge in [-0.15, -0.1) is 0 Å². The van der Waals surface area contributed by atoms with Crippen molar-refractivity contribution in [2.45, 2.75) is 102 Å². The molecule has 1 aliphatic heterocycles. The molecule has 0 saturated carbocycles. The Morgan fingerprint density at radius 2 is 1.39 bits per heavy atom. The number of aliphatic hydroxyl groups excluding tert-OH is 3. The standard InChI is InChI=1S/C22H38O8.Na/c23-16-17(24)20-21(19(27)22(28)30-20)29-15-13-11-9-7-5-3-1-2-4-6-8-10-12-14-18(25)26;/h17,20,23-24,27H,1-16H2,(H,25,26);/q;+1/p-1/t17-,20+;/m0./s1. The Hall–Kier alpha value is -0.800. The normalized spacial score (nSPS) is 16.7. The molecule has 3 N–H and O–H groups in total. The zero-order valence-corrected chi connectivity index (χ0v) is 20.9. The summed E-state index contributed by atoms with van der Waals surface area (Å²) in [5, 5.41) is 38.6. The van der Waals surface area contributed by atoms with E-state index in [-0.39, 0.29) is 41.7 Å². The molecule has 0 amide bonds. The Kier molecular flexibility index (Phi) is 18.3. The van der Waals surface area contributed by atoms with Crippen LogP contribution in [0.1, 0.15) is 89.9 Å². The van der Waals surface area contributed by atoms with Crippen LogP contribution in [0.5, 0.6) is 0 Å². The van der Waals surface area contributed by atoms with E-state index in [1.807, 2.05) is 0 Å². The molecular weight excluding hydrogens is 415 g/mol. The molecule has 8 nitrogen and oxygen atoms in total. The molecular formula is C22H37NaO8. The molecule has 0 aliphatic carbocycles. The van der Waals surface area contributed by atoms with Crippen molar-refractivity contribution in [1.82, 2.24) is 0 Å². The summed E-state index contributed by atoms with van der Waals surface area (Å²) >= 11 is 0. The van der Waals surface area contributed by atoms with Crippen LogP contribution in [0.4, 0.5) is 0 Å². The molecule has 2 atom stereocenters. The van der Waals surface area contributed by atoms with Crippen LogP contribution < -0.4 is 34.7 Å². The van der Waals surface area contributed by atoms with E-state index in [1.54, 1.807) is 0 Å². The summed E-state index contributed by atoms with van der Waals surface area (Å²) in [6.07, 6.45) is 11.8. The second kappa shape index (κ2) is 18.7. The number of aliphatic hydroxyl groups is 3. The van der Waals surface area contributed by atoms with Crippen molar-refractivity contribution in [3.8, 4) is 0 Å². The number of aliphatic carboxylic acids is 1. The van der Waals surface area contributed by atoms with Crippen LogP contribution in [0, 0.1) is 0 Å². The largest absolute Gasteiger partial charge is 1.00 e. The first-order chi connectivity index (χ1) is 14.5. The number of ether oxygens (including phenoxy) is 2. The maximum absolute atomic E-state index is 11.4. The van der Waals surface area contributed by atoms with E-state index in [9.17, 15) is 24.9 Å². The molecule has 0 aromatic heterocycles. The van der Waals surface area contributed by atoms with E-state index < -0.39 is 36.5 Å². The third-order valence-corrected chi connectivity index (χ3v) is 5.24. The fraction of sp³-hybridized carbons (Fsp3) is 0.818. The molecule has 0 unspecified atom stereocenters. The van der Waals surface area contributed by atoms with Gasteiger partial charge < -0.3 is 34.7 Å². The Balaban J connectivity index is 0.00000900. The number of unbranched alkanes of at least 4 members (excludes halogenated alkanes) is 12. The van der Waals surface area contributed by atoms with Gasteiger partial charge in [0.05, 0.1) is 13.2 Å². The molecule has 0 spiro atoms. The fourth-order valence-corrected chi connectivity index (χ4v) is 3.46. The molecule has 1 aliphatic rings. The maximum Gasteiger partial charge on any atom is 1.00 e. The van der Waals surface area contributed by atoms with Gasteiger partial charge in [0.1, 0.15) is 6.10 Å². The molecule has 9 heteroatoms. The van der Waals surface area contributed by atoms with Gasteiger partial charge in [0, 0.05) is 5.97 Å². The minimum Gasteiger partial charge on any atom is -0.550 e. The van der Waals surface area contributed by atoms with Crippen LogP contribution in [-0.4, -0.2) is 52.7 Å². The number of carbonyl (C=O) groups excluding carboxylic acids is 2. The number of carboxylic acids is 1. The van der Waals surface area contributed by atoms with Gasteiger partial charge in [0.2, 0.25) is 5.76 Å². The Labute approximate surface area is 207 Å². The van der Waals surface area contributed by atoms with E-state index in [2.05, 4.69) is 0 Å². The summed E-state index contributed by atoms with van der Waals surface area (Å²) in [4.78, 5) is 21.7. The van der Waals surface area contributed by atoms with Gasteiger partial charge in [-0.1, -0.05) is 70.6 Å². The minimum absolute atomic E-state index is 0. The third kappa shape index (κ3) is 13.4. The first-order valence-corrected chi connectivity index (χ1v) is 11.2. The molecule has 1 heterocycles. The number of carboxylic acid groups (broad SMARTS) is 1. The van der Waals surface area contributed by atoms with Gasteiger partial charge in [0.15, 0.2) is 11.9 Å². The van der Waals surface area contributed by atoms with Crippen LogP contribution >= 0.6 is 0 Å². The van der Waals surface area contributed by atoms with Crippen LogP contribution in [-0.2, 0) is 19.1 Å². The van der Waals surface area contributed by atoms with E-state index in [4.69, 9.17) is 14.6 Å². The fourth-order valence-electron chi connectivity index (χ4n) is 3.46. The van der Waals surface area contributed by atoms with Gasteiger partial charge in [0.25, 0.3) is 0 Å². The predicted molar refractivity (Wildman–Crippen MR) is 108 cm³/mol. The third-order valence-electron chi connectivity index (χ3n) is 5.24. The topological polar surface area (TPSA) is 136 Å². The zero-order chi connectivity index (χ0) is 22.2. The van der Waals surface area contributed by atoms with Gasteiger partial charge in [-0.05, 0) is 19.3 Å². The Morgan fingerprint density at radius 1 is 0.935 bits per heavy atom. The smallest absolute Gasteiger partial charge is 0.550 e. The molecule has 0 bridgehead atoms. The Bertz CT molecular complexity index is 538. The van der Waals surface area contributed by atoms with Crippen LogP contribution in [0.25, 0.3) is 0 Å². The summed E-state index contributed by atoms with van der Waals surface area (Å²) in [5.41, 5.74) is 0. The van der Waals surface area contributed by atoms with Crippen molar-refractivity contribution in [2.75, 3.05) is 13.2 Å². The summed E-state index contributed by atoms with van der Waals surface area (Å²) in [6, 6.07) is 0. The summed E-state index contributed by atoms with van der Waals surface area (Å²) in [5.74, 6) is -2.63. The Morgan fingerprint density at radius 3 is 1.84 bits per heavy atom. The predicted octanol–water partition coefficient (Wildman–Crippen LogP) is -0.733. The number of rotatable bonds is 19.